The number of aliphatic carboxylic acids is 1. The van der Waals surface area contributed by atoms with E-state index in [9.17, 15) is 4.79 Å². The molecule has 2 heteroatoms. The van der Waals surface area contributed by atoms with Crippen LogP contribution in [0, 0.1) is 5.41 Å². The lowest BCUT2D eigenvalue weighted by Crippen LogP contribution is -2.16. The van der Waals surface area contributed by atoms with Gasteiger partial charge in [-0.3, -0.25) is 0 Å². The van der Waals surface area contributed by atoms with Gasteiger partial charge in [-0.1, -0.05) is 62.0 Å². The van der Waals surface area contributed by atoms with Gasteiger partial charge in [-0.05, 0) is 49.3 Å². The van der Waals surface area contributed by atoms with Gasteiger partial charge in [-0.2, -0.15) is 0 Å². The summed E-state index contributed by atoms with van der Waals surface area (Å²) in [6.07, 6.45) is 16.6. The number of hydrogen-bond donors (Lipinski definition) is 1. The van der Waals surface area contributed by atoms with E-state index in [-0.39, 0.29) is 5.41 Å². The van der Waals surface area contributed by atoms with E-state index >= 15 is 0 Å². The van der Waals surface area contributed by atoms with E-state index in [0.717, 1.165) is 17.6 Å². The maximum atomic E-state index is 10.5. The van der Waals surface area contributed by atoms with E-state index in [1.807, 2.05) is 19.1 Å². The molecule has 2 nitrogen and oxygen atoms in total. The fourth-order valence-electron chi connectivity index (χ4n) is 2.49. The molecule has 0 heterocycles. The van der Waals surface area contributed by atoms with Gasteiger partial charge in [0, 0.05) is 6.08 Å². The van der Waals surface area contributed by atoms with Gasteiger partial charge in [-0.15, -0.1) is 0 Å². The van der Waals surface area contributed by atoms with Crippen molar-refractivity contribution in [1.82, 2.24) is 0 Å². The molecule has 0 atom stereocenters. The third kappa shape index (κ3) is 5.72. The van der Waals surface area contributed by atoms with Crippen molar-refractivity contribution >= 4 is 5.97 Å². The molecule has 0 bridgehead atoms. The fraction of sp³-hybridized carbons (Fsp3) is 0.350. The quantitative estimate of drug-likeness (QED) is 0.546. The van der Waals surface area contributed by atoms with Crippen LogP contribution in [-0.4, -0.2) is 11.1 Å². The fourth-order valence-corrected chi connectivity index (χ4v) is 2.49. The predicted octanol–water partition coefficient (Wildman–Crippen LogP) is 5.38. The standard InChI is InChI=1S/C20H26O2/c1-15(8-6-9-16(2)14-19(21)22)11-12-18-17(3)10-7-13-20(18,4)5/h6-12,14H,13H2,1-5H3,(H,21,22)/b9-6+,12-11+,15-8+,16-14+. The molecule has 0 saturated heterocycles. The number of carboxylic acids is 1. The SMILES string of the molecule is CC1=C(/C=C/C(C)=C/C=C/C(C)=C/C(=O)O)C(C)(C)CC=C1. The highest BCUT2D eigenvalue weighted by Crippen LogP contribution is 2.37. The minimum atomic E-state index is -0.919. The van der Waals surface area contributed by atoms with Gasteiger partial charge in [-0.25, -0.2) is 4.79 Å². The zero-order valence-corrected chi connectivity index (χ0v) is 14.2. The molecular formula is C20H26O2. The Morgan fingerprint density at radius 2 is 1.91 bits per heavy atom. The Balaban J connectivity index is 2.82. The van der Waals surface area contributed by atoms with Crippen LogP contribution in [0.5, 0.6) is 0 Å². The van der Waals surface area contributed by atoms with Crippen molar-refractivity contribution in [2.75, 3.05) is 0 Å². The van der Waals surface area contributed by atoms with Crippen molar-refractivity contribution < 1.29 is 9.90 Å². The van der Waals surface area contributed by atoms with Crippen LogP contribution in [0.1, 0.15) is 41.0 Å². The maximum Gasteiger partial charge on any atom is 0.328 e. The Morgan fingerprint density at radius 3 is 2.50 bits per heavy atom. The lowest BCUT2D eigenvalue weighted by molar-refractivity contribution is -0.131. The molecule has 0 spiro atoms. The highest BCUT2D eigenvalue weighted by Gasteiger charge is 2.23. The van der Waals surface area contributed by atoms with Gasteiger partial charge >= 0.3 is 5.97 Å². The minimum Gasteiger partial charge on any atom is -0.478 e. The van der Waals surface area contributed by atoms with E-state index in [1.165, 1.54) is 17.2 Å². The minimum absolute atomic E-state index is 0.173. The van der Waals surface area contributed by atoms with Crippen LogP contribution in [0.4, 0.5) is 0 Å². The first-order valence-electron chi connectivity index (χ1n) is 7.54. The van der Waals surface area contributed by atoms with Gasteiger partial charge in [0.2, 0.25) is 0 Å². The molecule has 22 heavy (non-hydrogen) atoms. The number of hydrogen-bond acceptors (Lipinski definition) is 1. The van der Waals surface area contributed by atoms with Crippen LogP contribution in [0.15, 0.2) is 70.9 Å². The summed E-state index contributed by atoms with van der Waals surface area (Å²) in [4.78, 5) is 10.5. The maximum absolute atomic E-state index is 10.5. The van der Waals surface area contributed by atoms with Crippen molar-refractivity contribution in [3.63, 3.8) is 0 Å². The topological polar surface area (TPSA) is 37.3 Å². The van der Waals surface area contributed by atoms with Crippen LogP contribution in [0.25, 0.3) is 0 Å². The Morgan fingerprint density at radius 1 is 1.23 bits per heavy atom. The Hall–Kier alpha value is -2.09. The highest BCUT2D eigenvalue weighted by molar-refractivity contribution is 5.81. The summed E-state index contributed by atoms with van der Waals surface area (Å²) in [6.45, 7) is 10.5. The Bertz CT molecular complexity index is 606. The third-order valence-corrected chi connectivity index (χ3v) is 3.73. The van der Waals surface area contributed by atoms with Crippen LogP contribution < -0.4 is 0 Å². The molecule has 0 amide bonds. The monoisotopic (exact) mass is 298 g/mol. The van der Waals surface area contributed by atoms with Gasteiger partial charge < -0.3 is 5.11 Å². The normalized spacial score (nSPS) is 19.5. The molecule has 0 aliphatic heterocycles. The van der Waals surface area contributed by atoms with Crippen LogP contribution >= 0.6 is 0 Å². The number of allylic oxidation sites excluding steroid dienone is 11. The summed E-state index contributed by atoms with van der Waals surface area (Å²) in [7, 11) is 0. The summed E-state index contributed by atoms with van der Waals surface area (Å²) in [5.74, 6) is -0.919. The zero-order valence-electron chi connectivity index (χ0n) is 14.2. The molecule has 1 aliphatic rings. The number of carbonyl (C=O) groups is 1. The molecule has 0 aromatic carbocycles. The molecule has 0 radical (unpaired) electrons. The molecular weight excluding hydrogens is 272 g/mol. The van der Waals surface area contributed by atoms with Crippen molar-refractivity contribution in [2.24, 2.45) is 5.41 Å². The largest absolute Gasteiger partial charge is 0.478 e. The molecule has 1 rings (SSSR count). The summed E-state index contributed by atoms with van der Waals surface area (Å²) >= 11 is 0. The smallest absolute Gasteiger partial charge is 0.328 e. The van der Waals surface area contributed by atoms with Crippen LogP contribution in [-0.2, 0) is 4.79 Å². The lowest BCUT2D eigenvalue weighted by Gasteiger charge is -2.29. The first-order valence-corrected chi connectivity index (χ1v) is 7.54. The van der Waals surface area contributed by atoms with E-state index in [1.54, 1.807) is 13.0 Å². The number of rotatable bonds is 5. The summed E-state index contributed by atoms with van der Waals surface area (Å²) < 4.78 is 0. The summed E-state index contributed by atoms with van der Waals surface area (Å²) in [5.41, 5.74) is 4.71. The molecule has 0 saturated carbocycles. The predicted molar refractivity (Wildman–Crippen MR) is 93.7 cm³/mol. The van der Waals surface area contributed by atoms with Crippen LogP contribution in [0.3, 0.4) is 0 Å². The molecule has 118 valence electrons. The van der Waals surface area contributed by atoms with Gasteiger partial charge in [0.25, 0.3) is 0 Å². The van der Waals surface area contributed by atoms with Crippen molar-refractivity contribution in [2.45, 2.75) is 41.0 Å². The second kappa shape index (κ2) is 7.79. The molecule has 0 aromatic heterocycles. The van der Waals surface area contributed by atoms with E-state index in [0.29, 0.717) is 0 Å². The molecule has 1 aliphatic carbocycles. The average Bonchev–Trinajstić information content (AvgIpc) is 2.36. The first-order chi connectivity index (χ1) is 10.2. The zero-order chi connectivity index (χ0) is 16.8. The van der Waals surface area contributed by atoms with Crippen LogP contribution in [0.2, 0.25) is 0 Å². The molecule has 0 fully saturated rings. The highest BCUT2D eigenvalue weighted by atomic mass is 16.4. The first kappa shape index (κ1) is 18.0. The third-order valence-electron chi connectivity index (χ3n) is 3.73. The van der Waals surface area contributed by atoms with Crippen molar-refractivity contribution in [3.05, 3.63) is 70.9 Å². The molecule has 1 N–H and O–H groups in total. The Labute approximate surface area is 133 Å². The Kier molecular flexibility index (Phi) is 6.36. The van der Waals surface area contributed by atoms with Crippen molar-refractivity contribution in [3.8, 4) is 0 Å². The van der Waals surface area contributed by atoms with Gasteiger partial charge in [0.15, 0.2) is 0 Å². The summed E-state index contributed by atoms with van der Waals surface area (Å²) in [6, 6.07) is 0. The van der Waals surface area contributed by atoms with Gasteiger partial charge in [0.1, 0.15) is 0 Å². The molecule has 0 aromatic rings. The summed E-state index contributed by atoms with van der Waals surface area (Å²) in [5, 5.41) is 8.65. The average molecular weight is 298 g/mol. The van der Waals surface area contributed by atoms with E-state index in [2.05, 4.69) is 45.1 Å². The number of carboxylic acid groups (broad SMARTS) is 1. The molecule has 0 unspecified atom stereocenters. The van der Waals surface area contributed by atoms with Crippen molar-refractivity contribution in [1.29, 1.82) is 0 Å². The van der Waals surface area contributed by atoms with Gasteiger partial charge in [0.05, 0.1) is 0 Å². The second-order valence-electron chi connectivity index (χ2n) is 6.42. The second-order valence-corrected chi connectivity index (χ2v) is 6.42. The lowest BCUT2D eigenvalue weighted by atomic mass is 9.75. The van der Waals surface area contributed by atoms with E-state index < -0.39 is 5.97 Å². The van der Waals surface area contributed by atoms with E-state index in [4.69, 9.17) is 5.11 Å².